The number of aromatic nitrogens is 3. The summed E-state index contributed by atoms with van der Waals surface area (Å²) in [5, 5.41) is 7.19. The van der Waals surface area contributed by atoms with Crippen molar-refractivity contribution < 1.29 is 8.91 Å². The van der Waals surface area contributed by atoms with Gasteiger partial charge in [0, 0.05) is 6.54 Å². The van der Waals surface area contributed by atoms with E-state index in [9.17, 15) is 4.39 Å². The molecule has 0 bridgehead atoms. The summed E-state index contributed by atoms with van der Waals surface area (Å²) in [7, 11) is 0. The number of hydrogen-bond donors (Lipinski definition) is 1. The Hall–Kier alpha value is -1.82. The standard InChI is InChI=1S/C12H13FN4O/c13-9-3-4-10(15-7-9)11-16-12(18-17-11)8-2-1-5-14-6-8/h3-4,7-8,14H,1-2,5-6H2. The Kier molecular flexibility index (Phi) is 3.02. The lowest BCUT2D eigenvalue weighted by molar-refractivity contribution is 0.322. The van der Waals surface area contributed by atoms with Crippen molar-refractivity contribution in [1.29, 1.82) is 0 Å². The van der Waals surface area contributed by atoms with Gasteiger partial charge in [-0.15, -0.1) is 0 Å². The Labute approximate surface area is 103 Å². The Morgan fingerprint density at radius 3 is 3.06 bits per heavy atom. The molecule has 1 aliphatic rings. The lowest BCUT2D eigenvalue weighted by Crippen LogP contribution is -2.28. The maximum atomic E-state index is 12.8. The summed E-state index contributed by atoms with van der Waals surface area (Å²) >= 11 is 0. The predicted molar refractivity (Wildman–Crippen MR) is 62.3 cm³/mol. The molecule has 1 unspecified atom stereocenters. The molecule has 0 saturated carbocycles. The number of hydrogen-bond acceptors (Lipinski definition) is 5. The summed E-state index contributed by atoms with van der Waals surface area (Å²) in [6.07, 6.45) is 3.30. The summed E-state index contributed by atoms with van der Waals surface area (Å²) in [4.78, 5) is 8.26. The highest BCUT2D eigenvalue weighted by molar-refractivity contribution is 5.47. The number of rotatable bonds is 2. The molecule has 0 aromatic carbocycles. The third kappa shape index (κ3) is 2.24. The van der Waals surface area contributed by atoms with E-state index in [1.54, 1.807) is 6.07 Å². The molecule has 1 saturated heterocycles. The Morgan fingerprint density at radius 2 is 2.33 bits per heavy atom. The molecule has 3 heterocycles. The lowest BCUT2D eigenvalue weighted by Gasteiger charge is -2.18. The van der Waals surface area contributed by atoms with Gasteiger partial charge in [0.15, 0.2) is 0 Å². The summed E-state index contributed by atoms with van der Waals surface area (Å²) < 4.78 is 18.0. The lowest BCUT2D eigenvalue weighted by atomic mass is 10.00. The van der Waals surface area contributed by atoms with E-state index in [4.69, 9.17) is 4.52 Å². The van der Waals surface area contributed by atoms with Crippen LogP contribution in [0.1, 0.15) is 24.7 Å². The molecule has 0 spiro atoms. The molecule has 0 amide bonds. The zero-order valence-corrected chi connectivity index (χ0v) is 9.77. The van der Waals surface area contributed by atoms with Crippen molar-refractivity contribution in [1.82, 2.24) is 20.4 Å². The molecule has 2 aromatic heterocycles. The minimum atomic E-state index is -0.376. The van der Waals surface area contributed by atoms with E-state index >= 15 is 0 Å². The maximum Gasteiger partial charge on any atom is 0.231 e. The molecule has 5 nitrogen and oxygen atoms in total. The number of nitrogens with zero attached hydrogens (tertiary/aromatic N) is 3. The van der Waals surface area contributed by atoms with E-state index in [2.05, 4.69) is 20.4 Å². The monoisotopic (exact) mass is 248 g/mol. The highest BCUT2D eigenvalue weighted by atomic mass is 19.1. The molecule has 18 heavy (non-hydrogen) atoms. The SMILES string of the molecule is Fc1ccc(-c2noc(C3CCCNC3)n2)nc1. The molecule has 1 atom stereocenters. The normalized spacial score (nSPS) is 19.9. The van der Waals surface area contributed by atoms with Crippen molar-refractivity contribution in [2.75, 3.05) is 13.1 Å². The largest absolute Gasteiger partial charge is 0.339 e. The molecule has 1 aliphatic heterocycles. The number of nitrogens with one attached hydrogen (secondary N) is 1. The Morgan fingerprint density at radius 1 is 1.39 bits per heavy atom. The molecule has 0 aliphatic carbocycles. The maximum absolute atomic E-state index is 12.8. The third-order valence-corrected chi connectivity index (χ3v) is 3.04. The second-order valence-electron chi connectivity index (χ2n) is 4.36. The topological polar surface area (TPSA) is 63.8 Å². The van der Waals surface area contributed by atoms with Gasteiger partial charge in [0.1, 0.15) is 11.5 Å². The van der Waals surface area contributed by atoms with Gasteiger partial charge in [0.25, 0.3) is 0 Å². The quantitative estimate of drug-likeness (QED) is 0.877. The minimum Gasteiger partial charge on any atom is -0.339 e. The van der Waals surface area contributed by atoms with Crippen molar-refractivity contribution in [2.45, 2.75) is 18.8 Å². The number of piperidine rings is 1. The second-order valence-corrected chi connectivity index (χ2v) is 4.36. The van der Waals surface area contributed by atoms with Crippen LogP contribution in [-0.4, -0.2) is 28.2 Å². The van der Waals surface area contributed by atoms with Crippen LogP contribution in [0.5, 0.6) is 0 Å². The molecule has 2 aromatic rings. The zero-order valence-electron chi connectivity index (χ0n) is 9.77. The fourth-order valence-electron chi connectivity index (χ4n) is 2.08. The third-order valence-electron chi connectivity index (χ3n) is 3.04. The molecule has 1 N–H and O–H groups in total. The molecule has 94 valence electrons. The first kappa shape index (κ1) is 11.3. The van der Waals surface area contributed by atoms with Gasteiger partial charge >= 0.3 is 0 Å². The molecule has 0 radical (unpaired) electrons. The van der Waals surface area contributed by atoms with Gasteiger partial charge in [0.05, 0.1) is 12.1 Å². The van der Waals surface area contributed by atoms with Crippen LogP contribution >= 0.6 is 0 Å². The fraction of sp³-hybridized carbons (Fsp3) is 0.417. The first-order valence-electron chi connectivity index (χ1n) is 5.99. The summed E-state index contributed by atoms with van der Waals surface area (Å²) in [6.45, 7) is 1.90. The van der Waals surface area contributed by atoms with Gasteiger partial charge in [-0.25, -0.2) is 9.37 Å². The van der Waals surface area contributed by atoms with Crippen LogP contribution < -0.4 is 5.32 Å². The van der Waals surface area contributed by atoms with Gasteiger partial charge in [-0.1, -0.05) is 5.16 Å². The highest BCUT2D eigenvalue weighted by Crippen LogP contribution is 2.23. The van der Waals surface area contributed by atoms with Crippen LogP contribution in [0.15, 0.2) is 22.9 Å². The fourth-order valence-corrected chi connectivity index (χ4v) is 2.08. The zero-order chi connectivity index (χ0) is 12.4. The summed E-state index contributed by atoms with van der Waals surface area (Å²) in [5.74, 6) is 0.929. The first-order chi connectivity index (χ1) is 8.83. The van der Waals surface area contributed by atoms with Gasteiger partial charge in [-0.2, -0.15) is 4.98 Å². The van der Waals surface area contributed by atoms with Crippen molar-refractivity contribution in [3.8, 4) is 11.5 Å². The van der Waals surface area contributed by atoms with Crippen LogP contribution in [-0.2, 0) is 0 Å². The molecule has 3 rings (SSSR count). The van der Waals surface area contributed by atoms with E-state index in [0.29, 0.717) is 17.4 Å². The van der Waals surface area contributed by atoms with Crippen LogP contribution in [0, 0.1) is 5.82 Å². The first-order valence-corrected chi connectivity index (χ1v) is 5.99. The Bertz CT molecular complexity index is 519. The van der Waals surface area contributed by atoms with Crippen LogP contribution in [0.3, 0.4) is 0 Å². The smallest absolute Gasteiger partial charge is 0.231 e. The molecule has 1 fully saturated rings. The van der Waals surface area contributed by atoms with Crippen LogP contribution in [0.2, 0.25) is 0 Å². The Balaban J connectivity index is 1.82. The highest BCUT2D eigenvalue weighted by Gasteiger charge is 2.21. The summed E-state index contributed by atoms with van der Waals surface area (Å²) in [6, 6.07) is 2.88. The van der Waals surface area contributed by atoms with Crippen LogP contribution in [0.25, 0.3) is 11.5 Å². The second kappa shape index (κ2) is 4.81. The van der Waals surface area contributed by atoms with Gasteiger partial charge < -0.3 is 9.84 Å². The number of pyridine rings is 1. The molecular weight excluding hydrogens is 235 g/mol. The van der Waals surface area contributed by atoms with Crippen molar-refractivity contribution >= 4 is 0 Å². The molecule has 6 heteroatoms. The summed E-state index contributed by atoms with van der Waals surface area (Å²) in [5.41, 5.74) is 0.523. The van der Waals surface area contributed by atoms with Gasteiger partial charge in [-0.3, -0.25) is 0 Å². The average Bonchev–Trinajstić information content (AvgIpc) is 2.90. The van der Waals surface area contributed by atoms with Crippen molar-refractivity contribution in [3.63, 3.8) is 0 Å². The molecular formula is C12H13FN4O. The van der Waals surface area contributed by atoms with Crippen molar-refractivity contribution in [2.24, 2.45) is 0 Å². The average molecular weight is 248 g/mol. The van der Waals surface area contributed by atoms with Crippen molar-refractivity contribution in [3.05, 3.63) is 30.0 Å². The predicted octanol–water partition coefficient (Wildman–Crippen LogP) is 1.74. The van der Waals surface area contributed by atoms with Crippen LogP contribution in [0.4, 0.5) is 4.39 Å². The van der Waals surface area contributed by atoms with Gasteiger partial charge in [0.2, 0.25) is 11.7 Å². The minimum absolute atomic E-state index is 0.264. The van der Waals surface area contributed by atoms with E-state index in [-0.39, 0.29) is 11.7 Å². The number of halogens is 1. The van der Waals surface area contributed by atoms with Gasteiger partial charge in [-0.05, 0) is 31.5 Å². The van der Waals surface area contributed by atoms with E-state index in [1.807, 2.05) is 0 Å². The van der Waals surface area contributed by atoms with E-state index in [0.717, 1.165) is 32.1 Å². The van der Waals surface area contributed by atoms with E-state index in [1.165, 1.54) is 6.07 Å². The van der Waals surface area contributed by atoms with E-state index < -0.39 is 0 Å².